The molecule has 0 amide bonds. The van der Waals surface area contributed by atoms with Gasteiger partial charge in [0.15, 0.2) is 0 Å². The number of hydrogen-bond donors (Lipinski definition) is 3. The number of fused-ring (bicyclic) bond motifs is 1. The van der Waals surface area contributed by atoms with Gasteiger partial charge in [0.05, 0.1) is 35.2 Å². The summed E-state index contributed by atoms with van der Waals surface area (Å²) in [7, 11) is -1.97. The van der Waals surface area contributed by atoms with E-state index < -0.39 is 15.8 Å². The standard InChI is InChI=1S/C29H32Cl2FN7O2S/c1-37-10-12-38(13-11-37)20-4-6-21(7-5-20)39-16-22(27-28(33)34-17-35-29(27)39)18-2-8-25(24(32)14-18)36-42(40,41)26-9-3-19(30)15-23(26)31/h2-3,8-9,14-17,20-21,36H,4-7,10-13H2,1H3,(H2,33,34,35)/p+1. The molecule has 2 aromatic heterocycles. The van der Waals surface area contributed by atoms with E-state index in [-0.39, 0.29) is 21.6 Å². The van der Waals surface area contributed by atoms with Crippen LogP contribution in [0.2, 0.25) is 10.0 Å². The molecule has 13 heteroatoms. The summed E-state index contributed by atoms with van der Waals surface area (Å²) in [5, 5.41) is 0.889. The maximum atomic E-state index is 15.4. The second kappa shape index (κ2) is 11.6. The zero-order chi connectivity index (χ0) is 29.6. The number of piperazine rings is 1. The molecule has 222 valence electrons. The maximum Gasteiger partial charge on any atom is 0.263 e. The Kier molecular flexibility index (Phi) is 8.05. The molecule has 2 aromatic carbocycles. The Morgan fingerprint density at radius 3 is 2.48 bits per heavy atom. The van der Waals surface area contributed by atoms with Crippen molar-refractivity contribution in [3.8, 4) is 11.1 Å². The lowest BCUT2D eigenvalue weighted by atomic mass is 9.89. The number of nitrogens with two attached hydrogens (primary N) is 1. The molecule has 0 spiro atoms. The number of aromatic nitrogens is 3. The lowest BCUT2D eigenvalue weighted by molar-refractivity contribution is -0.930. The minimum atomic E-state index is -4.16. The van der Waals surface area contributed by atoms with E-state index in [1.807, 2.05) is 6.20 Å². The number of halogens is 3. The minimum Gasteiger partial charge on any atom is -0.383 e. The highest BCUT2D eigenvalue weighted by atomic mass is 35.5. The number of anilines is 2. The Morgan fingerprint density at radius 2 is 1.79 bits per heavy atom. The van der Waals surface area contributed by atoms with Crippen molar-refractivity contribution in [3.05, 3.63) is 64.8 Å². The average Bonchev–Trinajstić information content (AvgIpc) is 3.35. The van der Waals surface area contributed by atoms with Crippen molar-refractivity contribution < 1.29 is 17.7 Å². The molecule has 1 aliphatic heterocycles. The topological polar surface area (TPSA) is 111 Å². The molecular formula is C29H33Cl2FN7O2S+. The van der Waals surface area contributed by atoms with Crippen LogP contribution in [0.25, 0.3) is 22.2 Å². The SMILES string of the molecule is CN1CC[NH+](C2CCC(n3cc(-c4ccc(NS(=O)(=O)c5ccc(Cl)cc5Cl)c(F)c4)c4c(N)ncnc43)CC2)CC1. The van der Waals surface area contributed by atoms with Crippen LogP contribution in [0.5, 0.6) is 0 Å². The van der Waals surface area contributed by atoms with Crippen molar-refractivity contribution in [2.75, 3.05) is 43.7 Å². The molecule has 0 radical (unpaired) electrons. The van der Waals surface area contributed by atoms with Crippen LogP contribution < -0.4 is 15.4 Å². The van der Waals surface area contributed by atoms with Gasteiger partial charge in [0, 0.05) is 48.8 Å². The molecule has 0 unspecified atom stereocenters. The Hall–Kier alpha value is -2.96. The van der Waals surface area contributed by atoms with Gasteiger partial charge in [-0.05, 0) is 55.8 Å². The summed E-state index contributed by atoms with van der Waals surface area (Å²) in [4.78, 5) is 12.7. The summed E-state index contributed by atoms with van der Waals surface area (Å²) in [6, 6.07) is 9.26. The Labute approximate surface area is 254 Å². The van der Waals surface area contributed by atoms with Crippen LogP contribution in [-0.2, 0) is 10.0 Å². The fourth-order valence-electron chi connectivity index (χ4n) is 6.34. The summed E-state index contributed by atoms with van der Waals surface area (Å²) in [5.41, 5.74) is 8.08. The molecule has 0 bridgehead atoms. The first-order valence-electron chi connectivity index (χ1n) is 14.0. The van der Waals surface area contributed by atoms with Crippen molar-refractivity contribution in [3.63, 3.8) is 0 Å². The zero-order valence-electron chi connectivity index (χ0n) is 23.2. The number of hydrogen-bond acceptors (Lipinski definition) is 6. The number of nitrogen functional groups attached to an aromatic ring is 1. The van der Waals surface area contributed by atoms with E-state index in [0.29, 0.717) is 33.4 Å². The van der Waals surface area contributed by atoms with Crippen LogP contribution in [-0.4, -0.2) is 67.1 Å². The number of rotatable bonds is 6. The summed E-state index contributed by atoms with van der Waals surface area (Å²) in [6.45, 7) is 4.67. The molecule has 1 aliphatic carbocycles. The lowest BCUT2D eigenvalue weighted by Crippen LogP contribution is -3.18. The monoisotopic (exact) mass is 632 g/mol. The smallest absolute Gasteiger partial charge is 0.263 e. The number of quaternary nitrogens is 1. The van der Waals surface area contributed by atoms with E-state index in [9.17, 15) is 8.42 Å². The molecule has 42 heavy (non-hydrogen) atoms. The van der Waals surface area contributed by atoms with Crippen molar-refractivity contribution in [1.82, 2.24) is 19.4 Å². The molecule has 9 nitrogen and oxygen atoms in total. The summed E-state index contributed by atoms with van der Waals surface area (Å²) < 4.78 is 45.7. The van der Waals surface area contributed by atoms with E-state index in [4.69, 9.17) is 28.9 Å². The Bertz CT molecular complexity index is 1730. The first-order chi connectivity index (χ1) is 20.1. The number of benzene rings is 2. The molecule has 6 rings (SSSR count). The minimum absolute atomic E-state index is 0.0608. The van der Waals surface area contributed by atoms with E-state index in [1.165, 1.54) is 49.7 Å². The largest absolute Gasteiger partial charge is 0.383 e. The summed E-state index contributed by atoms with van der Waals surface area (Å²) >= 11 is 12.0. The Morgan fingerprint density at radius 1 is 1.05 bits per heavy atom. The molecule has 4 aromatic rings. The summed E-state index contributed by atoms with van der Waals surface area (Å²) in [6.07, 6.45) is 7.77. The highest BCUT2D eigenvalue weighted by molar-refractivity contribution is 7.92. The lowest BCUT2D eigenvalue weighted by Gasteiger charge is -2.38. The number of sulfonamides is 1. The van der Waals surface area contributed by atoms with Gasteiger partial charge in [0.2, 0.25) is 0 Å². The third-order valence-electron chi connectivity index (χ3n) is 8.64. The molecule has 2 fully saturated rings. The van der Waals surface area contributed by atoms with Crippen molar-refractivity contribution in [1.29, 1.82) is 0 Å². The van der Waals surface area contributed by atoms with Gasteiger partial charge < -0.3 is 15.2 Å². The number of nitrogens with zero attached hydrogens (tertiary/aromatic N) is 4. The summed E-state index contributed by atoms with van der Waals surface area (Å²) in [5.74, 6) is -0.431. The highest BCUT2D eigenvalue weighted by Gasteiger charge is 2.32. The quantitative estimate of drug-likeness (QED) is 0.293. The second-order valence-electron chi connectivity index (χ2n) is 11.2. The van der Waals surface area contributed by atoms with E-state index in [2.05, 4.69) is 31.2 Å². The molecule has 4 N–H and O–H groups in total. The normalized spacial score (nSPS) is 20.7. The highest BCUT2D eigenvalue weighted by Crippen LogP contribution is 2.39. The van der Waals surface area contributed by atoms with Crippen LogP contribution in [0.3, 0.4) is 0 Å². The molecule has 1 saturated heterocycles. The van der Waals surface area contributed by atoms with Crippen LogP contribution in [0.15, 0.2) is 53.8 Å². The van der Waals surface area contributed by atoms with Crippen LogP contribution in [0, 0.1) is 5.82 Å². The van der Waals surface area contributed by atoms with E-state index in [0.717, 1.165) is 44.4 Å². The molecular weight excluding hydrogens is 600 g/mol. The van der Waals surface area contributed by atoms with Crippen LogP contribution in [0.1, 0.15) is 31.7 Å². The van der Waals surface area contributed by atoms with Gasteiger partial charge in [0.1, 0.15) is 28.5 Å². The molecule has 2 aliphatic rings. The van der Waals surface area contributed by atoms with Gasteiger partial charge in [-0.25, -0.2) is 22.8 Å². The predicted octanol–water partition coefficient (Wildman–Crippen LogP) is 4.24. The number of likely N-dealkylation sites (N-methyl/N-ethyl adjacent to an activating group) is 1. The van der Waals surface area contributed by atoms with Crippen LogP contribution >= 0.6 is 23.2 Å². The maximum absolute atomic E-state index is 15.4. The first-order valence-corrected chi connectivity index (χ1v) is 16.3. The van der Waals surface area contributed by atoms with Gasteiger partial charge in [-0.3, -0.25) is 9.62 Å². The first kappa shape index (κ1) is 29.1. The van der Waals surface area contributed by atoms with Gasteiger partial charge in [-0.1, -0.05) is 29.3 Å². The number of nitrogens with one attached hydrogen (secondary N) is 2. The third kappa shape index (κ3) is 5.68. The van der Waals surface area contributed by atoms with Crippen molar-refractivity contribution in [2.24, 2.45) is 0 Å². The Balaban J connectivity index is 1.26. The fraction of sp³-hybridized carbons (Fsp3) is 0.379. The predicted molar refractivity (Wildman–Crippen MR) is 164 cm³/mol. The fourth-order valence-corrected chi connectivity index (χ4v) is 8.18. The molecule has 3 heterocycles. The van der Waals surface area contributed by atoms with Gasteiger partial charge >= 0.3 is 0 Å². The van der Waals surface area contributed by atoms with E-state index >= 15 is 4.39 Å². The zero-order valence-corrected chi connectivity index (χ0v) is 25.5. The third-order valence-corrected chi connectivity index (χ3v) is 10.7. The van der Waals surface area contributed by atoms with E-state index in [1.54, 1.807) is 11.0 Å². The van der Waals surface area contributed by atoms with Gasteiger partial charge in [0.25, 0.3) is 10.0 Å². The van der Waals surface area contributed by atoms with Crippen LogP contribution in [0.4, 0.5) is 15.9 Å². The van der Waals surface area contributed by atoms with Gasteiger partial charge in [-0.15, -0.1) is 0 Å². The van der Waals surface area contributed by atoms with Crippen molar-refractivity contribution >= 4 is 55.8 Å². The molecule has 0 atom stereocenters. The van der Waals surface area contributed by atoms with Crippen molar-refractivity contribution in [2.45, 2.75) is 42.7 Å². The average molecular weight is 634 g/mol. The second-order valence-corrected chi connectivity index (χ2v) is 13.7. The molecule has 1 saturated carbocycles. The van der Waals surface area contributed by atoms with Gasteiger partial charge in [-0.2, -0.15) is 0 Å².